The maximum Gasteiger partial charge on any atom is 0.0862 e. The van der Waals surface area contributed by atoms with Gasteiger partial charge in [-0.2, -0.15) is 0 Å². The Bertz CT molecular complexity index is 498. The van der Waals surface area contributed by atoms with Crippen LogP contribution >= 0.6 is 0 Å². The third kappa shape index (κ3) is 1.65. The van der Waals surface area contributed by atoms with Crippen molar-refractivity contribution in [3.05, 3.63) is 41.0 Å². The molecule has 2 aliphatic carbocycles. The van der Waals surface area contributed by atoms with E-state index in [1.54, 1.807) is 0 Å². The molecule has 4 unspecified atom stereocenters. The quantitative estimate of drug-likeness (QED) is 0.736. The van der Waals surface area contributed by atoms with E-state index in [2.05, 4.69) is 44.2 Å². The lowest BCUT2D eigenvalue weighted by molar-refractivity contribution is -0.0167. The van der Waals surface area contributed by atoms with E-state index in [4.69, 9.17) is 0 Å². The average molecular weight is 242 g/mol. The fraction of sp³-hybridized carbons (Fsp3) is 0.529. The third-order valence-corrected chi connectivity index (χ3v) is 5.25. The number of hydrogen-bond donors (Lipinski definition) is 1. The van der Waals surface area contributed by atoms with Crippen LogP contribution in [-0.2, 0) is 6.42 Å². The van der Waals surface area contributed by atoms with Gasteiger partial charge in [-0.25, -0.2) is 0 Å². The standard InChI is InChI=1S/C17H22O/c1-11-8-15-9-13-6-4-5-7-14(13)10-16(15)17(3,18)12(11)2/h4-7,10-12,15,18H,8-9H2,1-3H3. The van der Waals surface area contributed by atoms with Gasteiger partial charge in [0.1, 0.15) is 0 Å². The zero-order valence-corrected chi connectivity index (χ0v) is 11.5. The van der Waals surface area contributed by atoms with E-state index in [1.165, 1.54) is 23.1 Å². The molecule has 96 valence electrons. The van der Waals surface area contributed by atoms with E-state index in [1.807, 2.05) is 6.92 Å². The fourth-order valence-corrected chi connectivity index (χ4v) is 3.76. The molecule has 0 bridgehead atoms. The van der Waals surface area contributed by atoms with Crippen molar-refractivity contribution in [2.45, 2.75) is 39.2 Å². The topological polar surface area (TPSA) is 20.2 Å². The molecular formula is C17H22O. The van der Waals surface area contributed by atoms with Crippen LogP contribution in [0.25, 0.3) is 6.08 Å². The minimum absolute atomic E-state index is 0.338. The first kappa shape index (κ1) is 12.0. The minimum atomic E-state index is -0.643. The lowest BCUT2D eigenvalue weighted by Crippen LogP contribution is -2.47. The van der Waals surface area contributed by atoms with Gasteiger partial charge in [0.05, 0.1) is 5.60 Å². The highest BCUT2D eigenvalue weighted by Gasteiger charge is 2.45. The van der Waals surface area contributed by atoms with E-state index in [0.29, 0.717) is 17.8 Å². The Balaban J connectivity index is 2.09. The molecular weight excluding hydrogens is 220 g/mol. The second kappa shape index (κ2) is 3.96. The Labute approximate surface area is 110 Å². The van der Waals surface area contributed by atoms with Crippen LogP contribution in [0.3, 0.4) is 0 Å². The SMILES string of the molecule is CC1CC2Cc3ccccc3C=C2C(C)(O)C1C. The first-order valence-electron chi connectivity index (χ1n) is 7.02. The van der Waals surface area contributed by atoms with E-state index in [9.17, 15) is 5.11 Å². The molecule has 0 aliphatic heterocycles. The summed E-state index contributed by atoms with van der Waals surface area (Å²) in [7, 11) is 0. The molecule has 1 aromatic carbocycles. The Kier molecular flexibility index (Phi) is 2.63. The Morgan fingerprint density at radius 2 is 1.94 bits per heavy atom. The minimum Gasteiger partial charge on any atom is -0.385 e. The molecule has 2 aliphatic rings. The lowest BCUT2D eigenvalue weighted by atomic mass is 9.61. The number of benzene rings is 1. The molecule has 1 saturated carbocycles. The molecule has 0 spiro atoms. The van der Waals surface area contributed by atoms with E-state index in [0.717, 1.165) is 6.42 Å². The van der Waals surface area contributed by atoms with Gasteiger partial charge >= 0.3 is 0 Å². The van der Waals surface area contributed by atoms with Gasteiger partial charge in [0.25, 0.3) is 0 Å². The van der Waals surface area contributed by atoms with Gasteiger partial charge in [-0.05, 0) is 54.2 Å². The van der Waals surface area contributed by atoms with E-state index < -0.39 is 5.60 Å². The summed E-state index contributed by atoms with van der Waals surface area (Å²) in [6.07, 6.45) is 4.54. The van der Waals surface area contributed by atoms with Gasteiger partial charge in [-0.3, -0.25) is 0 Å². The molecule has 0 heterocycles. The highest BCUT2D eigenvalue weighted by molar-refractivity contribution is 5.62. The second-order valence-corrected chi connectivity index (χ2v) is 6.35. The third-order valence-electron chi connectivity index (χ3n) is 5.25. The van der Waals surface area contributed by atoms with Crippen molar-refractivity contribution in [2.24, 2.45) is 17.8 Å². The normalized spacial score (nSPS) is 38.7. The van der Waals surface area contributed by atoms with Gasteiger partial charge in [0.15, 0.2) is 0 Å². The summed E-state index contributed by atoms with van der Waals surface area (Å²) in [5.74, 6) is 1.46. The van der Waals surface area contributed by atoms with Crippen molar-refractivity contribution >= 4 is 6.08 Å². The van der Waals surface area contributed by atoms with E-state index >= 15 is 0 Å². The number of rotatable bonds is 0. The zero-order valence-electron chi connectivity index (χ0n) is 11.5. The molecule has 1 nitrogen and oxygen atoms in total. The van der Waals surface area contributed by atoms with Crippen LogP contribution in [0.15, 0.2) is 29.8 Å². The molecule has 1 fully saturated rings. The van der Waals surface area contributed by atoms with Gasteiger partial charge in [0.2, 0.25) is 0 Å². The Morgan fingerprint density at radius 3 is 2.72 bits per heavy atom. The van der Waals surface area contributed by atoms with Crippen LogP contribution in [-0.4, -0.2) is 10.7 Å². The molecule has 1 aromatic rings. The molecule has 0 aromatic heterocycles. The Morgan fingerprint density at radius 1 is 1.22 bits per heavy atom. The first-order chi connectivity index (χ1) is 8.50. The van der Waals surface area contributed by atoms with E-state index in [-0.39, 0.29) is 0 Å². The monoisotopic (exact) mass is 242 g/mol. The summed E-state index contributed by atoms with van der Waals surface area (Å²) in [6, 6.07) is 8.59. The fourth-order valence-electron chi connectivity index (χ4n) is 3.76. The van der Waals surface area contributed by atoms with Crippen molar-refractivity contribution in [1.82, 2.24) is 0 Å². The van der Waals surface area contributed by atoms with Crippen LogP contribution in [0.4, 0.5) is 0 Å². The van der Waals surface area contributed by atoms with Crippen LogP contribution in [0, 0.1) is 17.8 Å². The molecule has 3 rings (SSSR count). The summed E-state index contributed by atoms with van der Waals surface area (Å²) >= 11 is 0. The van der Waals surface area contributed by atoms with Crippen LogP contribution < -0.4 is 0 Å². The average Bonchev–Trinajstić information content (AvgIpc) is 2.35. The predicted molar refractivity (Wildman–Crippen MR) is 75.2 cm³/mol. The van der Waals surface area contributed by atoms with Crippen LogP contribution in [0.2, 0.25) is 0 Å². The van der Waals surface area contributed by atoms with Gasteiger partial charge in [-0.1, -0.05) is 44.2 Å². The summed E-state index contributed by atoms with van der Waals surface area (Å²) in [4.78, 5) is 0. The molecule has 4 atom stereocenters. The summed E-state index contributed by atoms with van der Waals surface area (Å²) in [5.41, 5.74) is 3.34. The van der Waals surface area contributed by atoms with Crippen molar-refractivity contribution < 1.29 is 5.11 Å². The lowest BCUT2D eigenvalue weighted by Gasteiger charge is -2.47. The van der Waals surface area contributed by atoms with Crippen LogP contribution in [0.1, 0.15) is 38.3 Å². The molecule has 0 saturated heterocycles. The molecule has 18 heavy (non-hydrogen) atoms. The van der Waals surface area contributed by atoms with Crippen molar-refractivity contribution in [2.75, 3.05) is 0 Å². The summed E-state index contributed by atoms with van der Waals surface area (Å²) in [5, 5.41) is 10.9. The van der Waals surface area contributed by atoms with Gasteiger partial charge < -0.3 is 5.11 Å². The molecule has 1 heteroatoms. The molecule has 0 radical (unpaired) electrons. The summed E-state index contributed by atoms with van der Waals surface area (Å²) in [6.45, 7) is 6.46. The van der Waals surface area contributed by atoms with Crippen LogP contribution in [0.5, 0.6) is 0 Å². The predicted octanol–water partition coefficient (Wildman–Crippen LogP) is 3.67. The largest absolute Gasteiger partial charge is 0.385 e. The number of aliphatic hydroxyl groups is 1. The first-order valence-corrected chi connectivity index (χ1v) is 7.02. The molecule has 0 amide bonds. The van der Waals surface area contributed by atoms with Gasteiger partial charge in [0, 0.05) is 0 Å². The highest BCUT2D eigenvalue weighted by atomic mass is 16.3. The summed E-state index contributed by atoms with van der Waals surface area (Å²) < 4.78 is 0. The van der Waals surface area contributed by atoms with Crippen molar-refractivity contribution in [1.29, 1.82) is 0 Å². The smallest absolute Gasteiger partial charge is 0.0862 e. The second-order valence-electron chi connectivity index (χ2n) is 6.35. The number of fused-ring (bicyclic) bond motifs is 2. The van der Waals surface area contributed by atoms with Crippen molar-refractivity contribution in [3.8, 4) is 0 Å². The van der Waals surface area contributed by atoms with Gasteiger partial charge in [-0.15, -0.1) is 0 Å². The molecule has 1 N–H and O–H groups in total. The zero-order chi connectivity index (χ0) is 12.9. The maximum absolute atomic E-state index is 10.9. The Hall–Kier alpha value is -1.08. The van der Waals surface area contributed by atoms with Crippen molar-refractivity contribution in [3.63, 3.8) is 0 Å². The maximum atomic E-state index is 10.9. The number of hydrogen-bond acceptors (Lipinski definition) is 1. The highest BCUT2D eigenvalue weighted by Crippen LogP contribution is 2.48.